The van der Waals surface area contributed by atoms with Crippen LogP contribution in [0.4, 0.5) is 5.69 Å². The lowest BCUT2D eigenvalue weighted by Crippen LogP contribution is -2.24. The molecule has 0 saturated carbocycles. The third-order valence-electron chi connectivity index (χ3n) is 2.85. The van der Waals surface area contributed by atoms with Crippen LogP contribution >= 0.6 is 0 Å². The fraction of sp³-hybridized carbons (Fsp3) is 0.308. The van der Waals surface area contributed by atoms with Gasteiger partial charge in [0, 0.05) is 13.5 Å². The average Bonchev–Trinajstić information content (AvgIpc) is 2.55. The molecular weight excluding hydrogens is 230 g/mol. The Kier molecular flexibility index (Phi) is 3.14. The number of fused-ring (bicyclic) bond motifs is 1. The second kappa shape index (κ2) is 4.60. The summed E-state index contributed by atoms with van der Waals surface area (Å²) in [5, 5.41) is 0. The molecule has 2 rings (SSSR count). The average molecular weight is 245 g/mol. The molecule has 5 heteroatoms. The van der Waals surface area contributed by atoms with Gasteiger partial charge in [0.2, 0.25) is 0 Å². The molecule has 0 aliphatic carbocycles. The Balaban J connectivity index is 2.38. The van der Waals surface area contributed by atoms with Crippen LogP contribution < -0.4 is 5.73 Å². The van der Waals surface area contributed by atoms with E-state index in [2.05, 4.69) is 4.99 Å². The summed E-state index contributed by atoms with van der Waals surface area (Å²) in [5.41, 5.74) is 7.17. The Labute approximate surface area is 105 Å². The summed E-state index contributed by atoms with van der Waals surface area (Å²) < 4.78 is 0. The van der Waals surface area contributed by atoms with Crippen LogP contribution in [0, 0.1) is 0 Å². The lowest BCUT2D eigenvalue weighted by atomic mass is 10.1. The molecule has 1 aliphatic heterocycles. The molecule has 1 heterocycles. The van der Waals surface area contributed by atoms with E-state index in [0.717, 1.165) is 11.3 Å². The molecule has 0 spiro atoms. The van der Waals surface area contributed by atoms with Crippen molar-refractivity contribution in [2.24, 2.45) is 10.7 Å². The third kappa shape index (κ3) is 1.99. The van der Waals surface area contributed by atoms with Gasteiger partial charge in [-0.05, 0) is 24.6 Å². The van der Waals surface area contributed by atoms with E-state index in [4.69, 9.17) is 5.73 Å². The Morgan fingerprint density at radius 2 is 1.94 bits per heavy atom. The highest BCUT2D eigenvalue weighted by Gasteiger charge is 2.32. The molecule has 2 N–H and O–H groups in total. The maximum Gasteiger partial charge on any atom is 0.261 e. The van der Waals surface area contributed by atoms with Crippen LogP contribution in [0.1, 0.15) is 40.5 Å². The SMILES string of the molecule is CCCC(N)=Nc1ccc2c(c1)C(=O)N(C)C2=O. The normalized spacial score (nSPS) is 15.2. The Morgan fingerprint density at radius 3 is 2.61 bits per heavy atom. The summed E-state index contributed by atoms with van der Waals surface area (Å²) in [6.45, 7) is 2.02. The number of hydrogen-bond donors (Lipinski definition) is 1. The van der Waals surface area contributed by atoms with E-state index >= 15 is 0 Å². The van der Waals surface area contributed by atoms with Crippen LogP contribution in [0.25, 0.3) is 0 Å². The van der Waals surface area contributed by atoms with E-state index in [1.807, 2.05) is 6.92 Å². The van der Waals surface area contributed by atoms with Crippen LogP contribution in [0.15, 0.2) is 23.2 Å². The largest absolute Gasteiger partial charge is 0.387 e. The number of hydrogen-bond acceptors (Lipinski definition) is 3. The molecule has 2 amide bonds. The summed E-state index contributed by atoms with van der Waals surface area (Å²) >= 11 is 0. The van der Waals surface area contributed by atoms with Gasteiger partial charge in [-0.2, -0.15) is 0 Å². The maximum absolute atomic E-state index is 11.8. The summed E-state index contributed by atoms with van der Waals surface area (Å²) in [5.74, 6) is -0.0317. The predicted molar refractivity (Wildman–Crippen MR) is 69.1 cm³/mol. The quantitative estimate of drug-likeness (QED) is 0.500. The van der Waals surface area contributed by atoms with E-state index < -0.39 is 0 Å². The first kappa shape index (κ1) is 12.3. The van der Waals surface area contributed by atoms with Crippen molar-refractivity contribution in [2.75, 3.05) is 7.05 Å². The molecule has 0 atom stereocenters. The summed E-state index contributed by atoms with van der Waals surface area (Å²) in [7, 11) is 1.47. The van der Waals surface area contributed by atoms with E-state index in [0.29, 0.717) is 29.1 Å². The van der Waals surface area contributed by atoms with Crippen molar-refractivity contribution in [2.45, 2.75) is 19.8 Å². The van der Waals surface area contributed by atoms with E-state index in [1.165, 1.54) is 7.05 Å². The smallest absolute Gasteiger partial charge is 0.261 e. The second-order valence-corrected chi connectivity index (χ2v) is 4.25. The van der Waals surface area contributed by atoms with Crippen LogP contribution in [0.3, 0.4) is 0 Å². The highest BCUT2D eigenvalue weighted by atomic mass is 16.2. The Hall–Kier alpha value is -2.17. The number of benzene rings is 1. The van der Waals surface area contributed by atoms with Gasteiger partial charge < -0.3 is 5.73 Å². The standard InChI is InChI=1S/C13H15N3O2/c1-3-4-11(14)15-8-5-6-9-10(7-8)13(18)16(2)12(9)17/h5-7H,3-4H2,1-2H3,(H2,14,15). The molecule has 0 aromatic heterocycles. The zero-order chi connectivity index (χ0) is 13.3. The fourth-order valence-electron chi connectivity index (χ4n) is 1.90. The van der Waals surface area contributed by atoms with Crippen LogP contribution in [0.5, 0.6) is 0 Å². The predicted octanol–water partition coefficient (Wildman–Crippen LogP) is 1.70. The number of rotatable bonds is 3. The number of amides is 2. The van der Waals surface area contributed by atoms with Gasteiger partial charge in [-0.3, -0.25) is 14.5 Å². The first-order valence-electron chi connectivity index (χ1n) is 5.84. The first-order valence-corrected chi connectivity index (χ1v) is 5.84. The zero-order valence-corrected chi connectivity index (χ0v) is 10.4. The van der Waals surface area contributed by atoms with Gasteiger partial charge in [0.05, 0.1) is 22.6 Å². The van der Waals surface area contributed by atoms with Crippen molar-refractivity contribution in [1.82, 2.24) is 4.90 Å². The number of imide groups is 1. The van der Waals surface area contributed by atoms with Crippen molar-refractivity contribution in [3.05, 3.63) is 29.3 Å². The number of nitrogens with two attached hydrogens (primary N) is 1. The maximum atomic E-state index is 11.8. The molecule has 94 valence electrons. The summed E-state index contributed by atoms with van der Waals surface area (Å²) in [4.78, 5) is 28.8. The van der Waals surface area contributed by atoms with Gasteiger partial charge in [0.1, 0.15) is 0 Å². The van der Waals surface area contributed by atoms with E-state index in [1.54, 1.807) is 18.2 Å². The van der Waals surface area contributed by atoms with Crippen molar-refractivity contribution in [3.63, 3.8) is 0 Å². The molecular formula is C13H15N3O2. The van der Waals surface area contributed by atoms with Gasteiger partial charge in [-0.15, -0.1) is 0 Å². The number of carbonyl (C=O) groups excluding carboxylic acids is 2. The molecule has 0 fully saturated rings. The molecule has 5 nitrogen and oxygen atoms in total. The van der Waals surface area contributed by atoms with Gasteiger partial charge in [0.15, 0.2) is 0 Å². The summed E-state index contributed by atoms with van der Waals surface area (Å²) in [6.07, 6.45) is 1.63. The molecule has 18 heavy (non-hydrogen) atoms. The number of nitrogens with zero attached hydrogens (tertiary/aromatic N) is 2. The van der Waals surface area contributed by atoms with Gasteiger partial charge in [-0.1, -0.05) is 6.92 Å². The van der Waals surface area contributed by atoms with Crippen LogP contribution in [0.2, 0.25) is 0 Å². The second-order valence-electron chi connectivity index (χ2n) is 4.25. The molecule has 0 bridgehead atoms. The molecule has 0 unspecified atom stereocenters. The fourth-order valence-corrected chi connectivity index (χ4v) is 1.90. The van der Waals surface area contributed by atoms with E-state index in [9.17, 15) is 9.59 Å². The Bertz CT molecular complexity index is 549. The van der Waals surface area contributed by atoms with Crippen LogP contribution in [-0.2, 0) is 0 Å². The Morgan fingerprint density at radius 1 is 1.28 bits per heavy atom. The van der Waals surface area contributed by atoms with Crippen LogP contribution in [-0.4, -0.2) is 29.6 Å². The molecule has 0 saturated heterocycles. The number of carbonyl (C=O) groups is 2. The minimum atomic E-state index is -0.291. The molecule has 0 radical (unpaired) electrons. The molecule has 1 aromatic rings. The third-order valence-corrected chi connectivity index (χ3v) is 2.85. The van der Waals surface area contributed by atoms with E-state index in [-0.39, 0.29) is 11.8 Å². The van der Waals surface area contributed by atoms with Crippen molar-refractivity contribution in [3.8, 4) is 0 Å². The highest BCUT2D eigenvalue weighted by molar-refractivity contribution is 6.21. The summed E-state index contributed by atoms with van der Waals surface area (Å²) in [6, 6.07) is 4.93. The first-order chi connectivity index (χ1) is 8.54. The monoisotopic (exact) mass is 245 g/mol. The highest BCUT2D eigenvalue weighted by Crippen LogP contribution is 2.26. The minimum Gasteiger partial charge on any atom is -0.387 e. The number of aliphatic imine (C=N–C) groups is 1. The van der Waals surface area contributed by atoms with Gasteiger partial charge in [0.25, 0.3) is 11.8 Å². The number of amidine groups is 1. The van der Waals surface area contributed by atoms with Crippen molar-refractivity contribution < 1.29 is 9.59 Å². The molecule has 1 aromatic carbocycles. The van der Waals surface area contributed by atoms with Gasteiger partial charge in [-0.25, -0.2) is 4.99 Å². The minimum absolute atomic E-state index is 0.271. The molecule has 1 aliphatic rings. The van der Waals surface area contributed by atoms with Gasteiger partial charge >= 0.3 is 0 Å². The van der Waals surface area contributed by atoms with Crippen molar-refractivity contribution in [1.29, 1.82) is 0 Å². The van der Waals surface area contributed by atoms with Crippen molar-refractivity contribution >= 4 is 23.3 Å². The topological polar surface area (TPSA) is 75.8 Å². The lowest BCUT2D eigenvalue weighted by molar-refractivity contribution is 0.0693. The zero-order valence-electron chi connectivity index (χ0n) is 10.4. The lowest BCUT2D eigenvalue weighted by Gasteiger charge is -2.02.